The summed E-state index contributed by atoms with van der Waals surface area (Å²) < 4.78 is 9.68. The summed E-state index contributed by atoms with van der Waals surface area (Å²) in [5, 5.41) is 20.7. The topological polar surface area (TPSA) is 43.5 Å². The molecule has 0 atom stereocenters. The molecule has 17 rings (SSSR count). The predicted octanol–water partition coefficient (Wildman–Crippen LogP) is 20.3. The van der Waals surface area contributed by atoms with Crippen molar-refractivity contribution in [3.05, 3.63) is 289 Å². The molecule has 0 N–H and O–H groups in total. The normalized spacial score (nSPS) is 12.1. The minimum atomic E-state index is 0.549. The first kappa shape index (κ1) is 46.7. The first-order valence-electron chi connectivity index (χ1n) is 28.4. The molecule has 16 aromatic rings. The van der Waals surface area contributed by atoms with Crippen LogP contribution >= 0.6 is 0 Å². The van der Waals surface area contributed by atoms with Crippen LogP contribution in [0, 0.1) is 18.3 Å². The van der Waals surface area contributed by atoms with Crippen molar-refractivity contribution in [2.24, 2.45) is 0 Å². The number of aromatic nitrogens is 4. The SMILES string of the molecule is Cc1c2c3ccccc3n1-c1c(cc(-n3c4ccccc4c4ccccc43)c(-n3c4ccc(-c5ccccc5)cc4c4cc(-c5ccccc5)ccc43)c1C#N)-n1c3ccc(-c4ccccc4)cc3c3cc(-c4ccccc4)c(cc31)C=C2. The van der Waals surface area contributed by atoms with Gasteiger partial charge in [0.2, 0.25) is 0 Å². The van der Waals surface area contributed by atoms with Gasteiger partial charge in [0.05, 0.1) is 61.4 Å². The Balaban J connectivity index is 1.10. The quantitative estimate of drug-likeness (QED) is 0.164. The van der Waals surface area contributed by atoms with E-state index >= 15 is 0 Å². The van der Waals surface area contributed by atoms with Crippen molar-refractivity contribution < 1.29 is 0 Å². The Morgan fingerprint density at radius 2 is 0.675 bits per heavy atom. The van der Waals surface area contributed by atoms with E-state index in [4.69, 9.17) is 0 Å². The number of hydrogen-bond donors (Lipinski definition) is 0. The van der Waals surface area contributed by atoms with Crippen LogP contribution in [-0.2, 0) is 0 Å². The molecule has 0 amide bonds. The Kier molecular flexibility index (Phi) is 10.2. The van der Waals surface area contributed by atoms with Gasteiger partial charge in [-0.25, -0.2) is 0 Å². The highest BCUT2D eigenvalue weighted by Gasteiger charge is 2.32. The van der Waals surface area contributed by atoms with Gasteiger partial charge < -0.3 is 18.3 Å². The lowest BCUT2D eigenvalue weighted by atomic mass is 9.95. The highest BCUT2D eigenvalue weighted by atomic mass is 15.1. The Hall–Kier alpha value is -11.2. The Morgan fingerprint density at radius 3 is 1.17 bits per heavy atom. The van der Waals surface area contributed by atoms with Crippen LogP contribution in [0.15, 0.2) is 267 Å². The molecule has 1 aliphatic heterocycles. The summed E-state index contributed by atoms with van der Waals surface area (Å²) in [7, 11) is 0. The maximum absolute atomic E-state index is 12.8. The number of fused-ring (bicyclic) bond motifs is 18. The monoisotopic (exact) mass is 1060 g/mol. The van der Waals surface area contributed by atoms with E-state index in [1.807, 2.05) is 0 Å². The molecule has 0 spiro atoms. The molecule has 5 nitrogen and oxygen atoms in total. The summed E-state index contributed by atoms with van der Waals surface area (Å²) in [6, 6.07) is 99.8. The minimum absolute atomic E-state index is 0.549. The second kappa shape index (κ2) is 18.2. The molecule has 0 aliphatic carbocycles. The third kappa shape index (κ3) is 6.94. The Labute approximate surface area is 478 Å². The van der Waals surface area contributed by atoms with Crippen molar-refractivity contribution in [3.63, 3.8) is 0 Å². The van der Waals surface area contributed by atoms with Crippen molar-refractivity contribution in [1.29, 1.82) is 5.26 Å². The van der Waals surface area contributed by atoms with E-state index in [1.165, 1.54) is 0 Å². The van der Waals surface area contributed by atoms with Crippen LogP contribution < -0.4 is 0 Å². The minimum Gasteiger partial charge on any atom is -0.310 e. The fourth-order valence-electron chi connectivity index (χ4n) is 13.8. The van der Waals surface area contributed by atoms with Crippen LogP contribution in [-0.4, -0.2) is 18.3 Å². The summed E-state index contributed by atoms with van der Waals surface area (Å²) in [5.41, 5.74) is 23.5. The molecule has 5 heterocycles. The molecule has 4 aromatic heterocycles. The number of benzene rings is 12. The van der Waals surface area contributed by atoms with Crippen molar-refractivity contribution in [1.82, 2.24) is 18.3 Å². The van der Waals surface area contributed by atoms with Crippen molar-refractivity contribution in [2.75, 3.05) is 0 Å². The molecule has 12 aromatic carbocycles. The molecule has 0 radical (unpaired) electrons. The first-order chi connectivity index (χ1) is 41.1. The Bertz CT molecular complexity index is 5280. The van der Waals surface area contributed by atoms with Crippen molar-refractivity contribution in [3.8, 4) is 73.3 Å². The van der Waals surface area contributed by atoms with Crippen molar-refractivity contribution in [2.45, 2.75) is 6.92 Å². The summed E-state index contributed by atoms with van der Waals surface area (Å²) >= 11 is 0. The van der Waals surface area contributed by atoms with E-state index in [0.717, 1.165) is 160 Å². The summed E-state index contributed by atoms with van der Waals surface area (Å²) in [4.78, 5) is 0. The standard InChI is InChI=1S/C78H49N5/c1-49-58-38-34-57-45-74-66(46-62(57)53-26-12-5-13-27-53)65-44-54(50-20-6-2-7-21-50)35-39-71(65)82(74)75-47-76(81-69-32-18-15-29-60(69)61-30-16-19-33-70(61)81)78(67(48-79)77(75)80(49)68-31-17-14-28-59(58)68)83-72-40-36-55(51-22-8-3-9-23-51)42-63(72)64-43-56(37-41-73(64)83)52-24-10-4-11-25-52/h2-47H,1H3. The van der Waals surface area contributed by atoms with Crippen molar-refractivity contribution >= 4 is 88.5 Å². The molecule has 0 fully saturated rings. The maximum Gasteiger partial charge on any atom is 0.104 e. The summed E-state index contributed by atoms with van der Waals surface area (Å²) in [5.74, 6) is 0. The molecule has 5 heteroatoms. The van der Waals surface area contributed by atoms with Gasteiger partial charge in [0.1, 0.15) is 11.6 Å². The molecule has 0 unspecified atom stereocenters. The number of rotatable bonds is 6. The van der Waals surface area contributed by atoms with Crippen LogP contribution in [0.1, 0.15) is 22.4 Å². The van der Waals surface area contributed by atoms with E-state index in [0.29, 0.717) is 5.56 Å². The van der Waals surface area contributed by atoms with E-state index in [1.54, 1.807) is 0 Å². The smallest absolute Gasteiger partial charge is 0.104 e. The van der Waals surface area contributed by atoms with Crippen LogP contribution in [0.3, 0.4) is 0 Å². The predicted molar refractivity (Wildman–Crippen MR) is 346 cm³/mol. The van der Waals surface area contributed by atoms with E-state index < -0.39 is 0 Å². The van der Waals surface area contributed by atoms with E-state index in [9.17, 15) is 5.26 Å². The lowest BCUT2D eigenvalue weighted by molar-refractivity contribution is 0.990. The molecule has 386 valence electrons. The highest BCUT2D eigenvalue weighted by Crippen LogP contribution is 2.49. The van der Waals surface area contributed by atoms with Gasteiger partial charge in [0, 0.05) is 49.0 Å². The Morgan fingerprint density at radius 1 is 0.289 bits per heavy atom. The van der Waals surface area contributed by atoms with E-state index in [-0.39, 0.29) is 0 Å². The molecule has 0 saturated heterocycles. The lowest BCUT2D eigenvalue weighted by Gasteiger charge is -2.25. The molecular formula is C78H49N5. The second-order valence-electron chi connectivity index (χ2n) is 21.9. The van der Waals surface area contributed by atoms with Crippen LogP contribution in [0.2, 0.25) is 0 Å². The van der Waals surface area contributed by atoms with Gasteiger partial charge in [-0.1, -0.05) is 206 Å². The third-order valence-electron chi connectivity index (χ3n) is 17.6. The summed E-state index contributed by atoms with van der Waals surface area (Å²) in [6.45, 7) is 2.23. The largest absolute Gasteiger partial charge is 0.310 e. The van der Waals surface area contributed by atoms with Gasteiger partial charge in [-0.2, -0.15) is 5.26 Å². The van der Waals surface area contributed by atoms with Gasteiger partial charge >= 0.3 is 0 Å². The third-order valence-corrected chi connectivity index (χ3v) is 17.6. The van der Waals surface area contributed by atoms with Crippen LogP contribution in [0.25, 0.3) is 156 Å². The average molecular weight is 1060 g/mol. The highest BCUT2D eigenvalue weighted by molar-refractivity contribution is 6.16. The molecule has 1 aliphatic rings. The molecule has 4 bridgehead atoms. The van der Waals surface area contributed by atoms with Crippen LogP contribution in [0.5, 0.6) is 0 Å². The van der Waals surface area contributed by atoms with Crippen LogP contribution in [0.4, 0.5) is 0 Å². The van der Waals surface area contributed by atoms with Gasteiger partial charge in [-0.05, 0) is 130 Å². The van der Waals surface area contributed by atoms with Gasteiger partial charge in [-0.15, -0.1) is 0 Å². The van der Waals surface area contributed by atoms with E-state index in [2.05, 4.69) is 310 Å². The fraction of sp³-hybridized carbons (Fsp3) is 0.0128. The maximum atomic E-state index is 12.8. The second-order valence-corrected chi connectivity index (χ2v) is 21.9. The molecular weight excluding hydrogens is 1010 g/mol. The number of hydrogen-bond acceptors (Lipinski definition) is 1. The lowest BCUT2D eigenvalue weighted by Crippen LogP contribution is -2.14. The fourth-order valence-corrected chi connectivity index (χ4v) is 13.8. The first-order valence-corrected chi connectivity index (χ1v) is 28.4. The number of para-hydroxylation sites is 3. The summed E-state index contributed by atoms with van der Waals surface area (Å²) in [6.07, 6.45) is 4.61. The zero-order chi connectivity index (χ0) is 54.9. The van der Waals surface area contributed by atoms with Gasteiger partial charge in [-0.3, -0.25) is 0 Å². The number of nitriles is 1. The molecule has 0 saturated carbocycles. The zero-order valence-corrected chi connectivity index (χ0v) is 45.3. The molecule has 83 heavy (non-hydrogen) atoms. The average Bonchev–Trinajstić information content (AvgIpc) is 1.85. The van der Waals surface area contributed by atoms with Gasteiger partial charge in [0.15, 0.2) is 0 Å². The zero-order valence-electron chi connectivity index (χ0n) is 45.3. The van der Waals surface area contributed by atoms with Gasteiger partial charge in [0.25, 0.3) is 0 Å². The number of nitrogens with zero attached hydrogens (tertiary/aromatic N) is 5.